The minimum absolute atomic E-state index is 0.915. The second kappa shape index (κ2) is 16.0. The van der Waals surface area contributed by atoms with E-state index in [0.717, 1.165) is 44.8 Å². The maximum Gasteiger partial charge on any atom is 0.0659 e. The lowest BCUT2D eigenvalue weighted by Gasteiger charge is -1.98. The SMILES string of the molecule is C1=Cc2cc3ccc(cc4ccc(cc5nc(cc1n2)C=C5)[nH]4)[nH]3.c1cc(-c2ccsc2-c2ccsc2)cs1.c1cc(-c2ccsc2-c2ccsc2)cs1. The largest absolute Gasteiger partial charge is 0.355 e. The van der Waals surface area contributed by atoms with Crippen LogP contribution < -0.4 is 0 Å². The van der Waals surface area contributed by atoms with E-state index < -0.39 is 0 Å². The number of nitrogens with zero attached hydrogens (tertiary/aromatic N) is 2. The fraction of sp³-hybridized carbons (Fsp3) is 0. The molecule has 0 saturated heterocycles. The molecule has 0 atom stereocenters. The van der Waals surface area contributed by atoms with E-state index in [4.69, 9.17) is 0 Å². The molecule has 2 aliphatic heterocycles. The molecule has 11 rings (SSSR count). The van der Waals surface area contributed by atoms with Gasteiger partial charge in [-0.1, -0.05) is 0 Å². The van der Waals surface area contributed by atoms with Crippen LogP contribution in [0.4, 0.5) is 0 Å². The Balaban J connectivity index is 0.000000112. The second-order valence-corrected chi connectivity index (χ2v) is 17.2. The molecule has 0 fully saturated rings. The van der Waals surface area contributed by atoms with Crippen LogP contribution in [0, 0.1) is 0 Å². The van der Waals surface area contributed by atoms with Gasteiger partial charge in [-0.25, -0.2) is 9.97 Å². The minimum Gasteiger partial charge on any atom is -0.355 e. The number of hydrogen-bond donors (Lipinski definition) is 2. The van der Waals surface area contributed by atoms with Crippen molar-refractivity contribution in [2.45, 2.75) is 0 Å². The summed E-state index contributed by atoms with van der Waals surface area (Å²) in [6, 6.07) is 29.6. The van der Waals surface area contributed by atoms with Gasteiger partial charge in [0.25, 0.3) is 0 Å². The number of thiophene rings is 6. The average Bonchev–Trinajstić information content (AvgIpc) is 4.04. The number of H-pyrrole nitrogens is 2. The predicted molar refractivity (Wildman–Crippen MR) is 241 cm³/mol. The van der Waals surface area contributed by atoms with Crippen molar-refractivity contribution in [1.29, 1.82) is 0 Å². The van der Waals surface area contributed by atoms with E-state index in [2.05, 4.69) is 140 Å². The molecule has 11 heterocycles. The summed E-state index contributed by atoms with van der Waals surface area (Å²) in [6.45, 7) is 0. The maximum atomic E-state index is 4.62. The lowest BCUT2D eigenvalue weighted by atomic mass is 10.1. The second-order valence-electron chi connectivity index (χ2n) is 12.3. The van der Waals surface area contributed by atoms with Crippen LogP contribution in [0.1, 0.15) is 22.8 Å². The molecule has 10 heteroatoms. The molecule has 9 aromatic heterocycles. The van der Waals surface area contributed by atoms with Crippen molar-refractivity contribution in [3.8, 4) is 43.1 Å². The quantitative estimate of drug-likeness (QED) is 0.186. The van der Waals surface area contributed by atoms with E-state index in [-0.39, 0.29) is 0 Å². The van der Waals surface area contributed by atoms with Gasteiger partial charge in [-0.2, -0.15) is 45.3 Å². The lowest BCUT2D eigenvalue weighted by Crippen LogP contribution is -1.77. The number of aromatic amines is 2. The first-order valence-electron chi connectivity index (χ1n) is 17.0. The normalized spacial score (nSPS) is 11.6. The highest BCUT2D eigenvalue weighted by Crippen LogP contribution is 2.39. The van der Waals surface area contributed by atoms with E-state index in [1.54, 1.807) is 45.3 Å². The van der Waals surface area contributed by atoms with Crippen molar-refractivity contribution < 1.29 is 0 Å². The summed E-state index contributed by atoms with van der Waals surface area (Å²) < 4.78 is 0. The molecule has 0 saturated carbocycles. The third-order valence-electron chi connectivity index (χ3n) is 8.60. The zero-order valence-corrected chi connectivity index (χ0v) is 33.4. The summed E-state index contributed by atoms with van der Waals surface area (Å²) in [7, 11) is 0. The van der Waals surface area contributed by atoms with Gasteiger partial charge in [0.05, 0.1) is 22.8 Å². The lowest BCUT2D eigenvalue weighted by molar-refractivity contribution is 1.28. The van der Waals surface area contributed by atoms with Crippen molar-refractivity contribution in [2.75, 3.05) is 0 Å². The van der Waals surface area contributed by atoms with Crippen LogP contribution in [-0.4, -0.2) is 19.9 Å². The third-order valence-corrected chi connectivity index (χ3v) is 13.3. The molecule has 9 aromatic rings. The number of rotatable bonds is 4. The predicted octanol–water partition coefficient (Wildman–Crippen LogP) is 15.1. The van der Waals surface area contributed by atoms with E-state index in [1.807, 2.05) is 65.2 Å². The van der Waals surface area contributed by atoms with E-state index in [1.165, 1.54) is 43.1 Å². The van der Waals surface area contributed by atoms with Crippen LogP contribution in [-0.2, 0) is 0 Å². The molecule has 0 aromatic carbocycles. The van der Waals surface area contributed by atoms with Gasteiger partial charge in [0.1, 0.15) is 0 Å². The van der Waals surface area contributed by atoms with Gasteiger partial charge in [-0.3, -0.25) is 0 Å². The molecule has 0 unspecified atom stereocenters. The molecule has 4 nitrogen and oxygen atoms in total. The Morgan fingerprint density at radius 2 is 0.722 bits per heavy atom. The Morgan fingerprint density at radius 1 is 0.352 bits per heavy atom. The van der Waals surface area contributed by atoms with Gasteiger partial charge in [0, 0.05) is 54.1 Å². The summed E-state index contributed by atoms with van der Waals surface area (Å²) in [5.74, 6) is 0. The Labute approximate surface area is 336 Å². The number of aromatic nitrogens is 4. The zero-order valence-electron chi connectivity index (χ0n) is 28.5. The summed E-state index contributed by atoms with van der Waals surface area (Å²) in [5.41, 5.74) is 15.9. The summed E-state index contributed by atoms with van der Waals surface area (Å²) in [6.07, 6.45) is 8.05. The fourth-order valence-corrected chi connectivity index (χ4v) is 10.7. The smallest absolute Gasteiger partial charge is 0.0659 e. The molecular weight excluding hydrogens is 777 g/mol. The topological polar surface area (TPSA) is 57.4 Å². The van der Waals surface area contributed by atoms with Crippen LogP contribution in [0.25, 0.3) is 89.5 Å². The monoisotopic (exact) mass is 806 g/mol. The first-order chi connectivity index (χ1) is 26.7. The fourth-order valence-electron chi connectivity index (χ4n) is 6.09. The van der Waals surface area contributed by atoms with Crippen molar-refractivity contribution >= 4 is 114 Å². The Bertz CT molecular complexity index is 2530. The first-order valence-corrected chi connectivity index (χ1v) is 22.5. The molecule has 2 N–H and O–H groups in total. The molecule has 0 spiro atoms. The molecule has 8 bridgehead atoms. The molecule has 0 amide bonds. The molecule has 54 heavy (non-hydrogen) atoms. The van der Waals surface area contributed by atoms with Crippen molar-refractivity contribution in [3.63, 3.8) is 0 Å². The van der Waals surface area contributed by atoms with E-state index in [0.29, 0.717) is 0 Å². The van der Waals surface area contributed by atoms with Gasteiger partial charge < -0.3 is 9.97 Å². The van der Waals surface area contributed by atoms with Crippen LogP contribution >= 0.6 is 68.0 Å². The van der Waals surface area contributed by atoms with Crippen LogP contribution in [0.15, 0.2) is 139 Å². The van der Waals surface area contributed by atoms with E-state index in [9.17, 15) is 0 Å². The van der Waals surface area contributed by atoms with Gasteiger partial charge in [-0.05, 0) is 174 Å². The third kappa shape index (κ3) is 8.00. The molecule has 0 radical (unpaired) electrons. The van der Waals surface area contributed by atoms with Crippen LogP contribution in [0.3, 0.4) is 0 Å². The van der Waals surface area contributed by atoms with Crippen molar-refractivity contribution in [2.24, 2.45) is 0 Å². The zero-order chi connectivity index (χ0) is 36.1. The highest BCUT2D eigenvalue weighted by molar-refractivity contribution is 7.15. The highest BCUT2D eigenvalue weighted by Gasteiger charge is 2.10. The van der Waals surface area contributed by atoms with Crippen molar-refractivity contribution in [3.05, 3.63) is 162 Å². The minimum atomic E-state index is 0.915. The standard InChI is InChI=1S/C20H14N4.2C12H8S3/c1-2-14-10-16-5-6-18(23-16)12-20-8-7-19(24-20)11-17-4-3-15(22-17)9-13(1)21-14;2*1-4-13-7-9(1)11-3-6-15-12(11)10-2-5-14-8-10/h1-12,21-22H;2*1-8H. The van der Waals surface area contributed by atoms with Crippen LogP contribution in [0.5, 0.6) is 0 Å². The molecule has 0 aliphatic carbocycles. The van der Waals surface area contributed by atoms with Gasteiger partial charge in [0.2, 0.25) is 0 Å². The Kier molecular flexibility index (Phi) is 10.3. The average molecular weight is 807 g/mol. The summed E-state index contributed by atoms with van der Waals surface area (Å²) in [5, 5.41) is 21.7. The number of fused-ring (bicyclic) bond motifs is 8. The van der Waals surface area contributed by atoms with Gasteiger partial charge in [-0.15, -0.1) is 22.7 Å². The summed E-state index contributed by atoms with van der Waals surface area (Å²) >= 11 is 10.6. The summed E-state index contributed by atoms with van der Waals surface area (Å²) in [4.78, 5) is 18.8. The number of nitrogens with one attached hydrogen (secondary N) is 2. The molecule has 2 aliphatic rings. The molecule has 262 valence electrons. The molecular formula is C44H30N4S6. The maximum absolute atomic E-state index is 4.62. The highest BCUT2D eigenvalue weighted by atomic mass is 32.1. The number of hydrogen-bond acceptors (Lipinski definition) is 8. The van der Waals surface area contributed by atoms with Gasteiger partial charge >= 0.3 is 0 Å². The Morgan fingerprint density at radius 3 is 1.11 bits per heavy atom. The van der Waals surface area contributed by atoms with Crippen LogP contribution in [0.2, 0.25) is 0 Å². The first kappa shape index (κ1) is 34.6. The van der Waals surface area contributed by atoms with Crippen molar-refractivity contribution in [1.82, 2.24) is 19.9 Å². The van der Waals surface area contributed by atoms with Gasteiger partial charge in [0.15, 0.2) is 0 Å². The van der Waals surface area contributed by atoms with E-state index >= 15 is 0 Å². The Hall–Kier alpha value is -5.20.